The summed E-state index contributed by atoms with van der Waals surface area (Å²) >= 11 is 0. The number of alkyl halides is 3. The van der Waals surface area contributed by atoms with Gasteiger partial charge >= 0.3 is 6.18 Å². The van der Waals surface area contributed by atoms with Crippen molar-refractivity contribution < 1.29 is 27.1 Å². The Morgan fingerprint density at radius 2 is 1.94 bits per heavy atom. The number of primary amides is 1. The molecule has 7 heteroatoms. The zero-order valence-corrected chi connectivity index (χ0v) is 8.06. The molecule has 0 bridgehead atoms. The topological polar surface area (TPSA) is 52.3 Å². The van der Waals surface area contributed by atoms with Crippen LogP contribution in [0.4, 0.5) is 17.6 Å². The van der Waals surface area contributed by atoms with E-state index in [1.54, 1.807) is 0 Å². The molecule has 2 N–H and O–H groups in total. The van der Waals surface area contributed by atoms with Gasteiger partial charge in [-0.25, -0.2) is 4.39 Å². The van der Waals surface area contributed by atoms with Crippen molar-refractivity contribution in [2.24, 2.45) is 5.73 Å². The second-order valence-corrected chi connectivity index (χ2v) is 2.87. The Hall–Kier alpha value is -1.79. The summed E-state index contributed by atoms with van der Waals surface area (Å²) in [4.78, 5) is 10.7. The Morgan fingerprint density at radius 3 is 2.31 bits per heavy atom. The lowest BCUT2D eigenvalue weighted by molar-refractivity contribution is -0.140. The first kappa shape index (κ1) is 12.3. The lowest BCUT2D eigenvalue weighted by Gasteiger charge is -2.13. The number of rotatable bonds is 2. The van der Waals surface area contributed by atoms with Crippen molar-refractivity contribution in [1.82, 2.24) is 0 Å². The number of benzene rings is 1. The van der Waals surface area contributed by atoms with Crippen LogP contribution in [0.25, 0.3) is 0 Å². The fourth-order valence-electron chi connectivity index (χ4n) is 1.20. The van der Waals surface area contributed by atoms with Gasteiger partial charge in [-0.2, -0.15) is 13.2 Å². The summed E-state index contributed by atoms with van der Waals surface area (Å²) in [6.07, 6.45) is -5.01. The standard InChI is InChI=1S/C9H7F4NO2/c1-16-5-3-2-4(8(14)15)6(7(5)10)9(11,12)13/h2-3H,1H3,(H2,14,15). The van der Waals surface area contributed by atoms with Gasteiger partial charge in [0.2, 0.25) is 5.91 Å². The zero-order chi connectivity index (χ0) is 12.5. The van der Waals surface area contributed by atoms with E-state index in [0.29, 0.717) is 0 Å². The zero-order valence-electron chi connectivity index (χ0n) is 8.06. The van der Waals surface area contributed by atoms with Crippen LogP contribution in [0.15, 0.2) is 12.1 Å². The lowest BCUT2D eigenvalue weighted by atomic mass is 10.1. The van der Waals surface area contributed by atoms with Crippen LogP contribution >= 0.6 is 0 Å². The van der Waals surface area contributed by atoms with Crippen LogP contribution in [0.1, 0.15) is 15.9 Å². The number of amides is 1. The highest BCUT2D eigenvalue weighted by Crippen LogP contribution is 2.37. The Labute approximate surface area is 87.8 Å². The van der Waals surface area contributed by atoms with Crippen LogP contribution in [0.5, 0.6) is 5.75 Å². The molecular formula is C9H7F4NO2. The smallest absolute Gasteiger partial charge is 0.420 e. The largest absolute Gasteiger partial charge is 0.494 e. The molecule has 88 valence electrons. The van der Waals surface area contributed by atoms with Crippen molar-refractivity contribution in [1.29, 1.82) is 0 Å². The fraction of sp³-hybridized carbons (Fsp3) is 0.222. The summed E-state index contributed by atoms with van der Waals surface area (Å²) in [5.41, 5.74) is 2.09. The third-order valence-electron chi connectivity index (χ3n) is 1.88. The molecule has 1 rings (SSSR count). The molecule has 1 amide bonds. The first-order valence-electron chi connectivity index (χ1n) is 4.02. The molecule has 0 saturated carbocycles. The van der Waals surface area contributed by atoms with Crippen LogP contribution in [-0.4, -0.2) is 13.0 Å². The molecule has 0 fully saturated rings. The first-order chi connectivity index (χ1) is 7.29. The monoisotopic (exact) mass is 237 g/mol. The summed E-state index contributed by atoms with van der Waals surface area (Å²) in [6, 6.07) is 1.68. The molecule has 0 unspecified atom stereocenters. The van der Waals surface area contributed by atoms with E-state index < -0.39 is 34.8 Å². The van der Waals surface area contributed by atoms with Crippen molar-refractivity contribution in [3.05, 3.63) is 29.1 Å². The minimum Gasteiger partial charge on any atom is -0.494 e. The molecule has 16 heavy (non-hydrogen) atoms. The molecule has 0 aliphatic heterocycles. The molecule has 3 nitrogen and oxygen atoms in total. The number of carbonyl (C=O) groups is 1. The average Bonchev–Trinajstić information content (AvgIpc) is 2.14. The summed E-state index contributed by atoms with van der Waals surface area (Å²) in [7, 11) is 1.02. The molecule has 1 aromatic rings. The molecule has 0 aliphatic rings. The van der Waals surface area contributed by atoms with Gasteiger partial charge in [0.25, 0.3) is 0 Å². The summed E-state index contributed by atoms with van der Waals surface area (Å²) in [5.74, 6) is -3.60. The van der Waals surface area contributed by atoms with Gasteiger partial charge in [0.1, 0.15) is 5.56 Å². The molecule has 0 aromatic heterocycles. The Bertz CT molecular complexity index is 428. The third kappa shape index (κ3) is 2.07. The van der Waals surface area contributed by atoms with Gasteiger partial charge < -0.3 is 10.5 Å². The van der Waals surface area contributed by atoms with Crippen molar-refractivity contribution in [2.75, 3.05) is 7.11 Å². The van der Waals surface area contributed by atoms with E-state index in [1.165, 1.54) is 0 Å². The van der Waals surface area contributed by atoms with Crippen LogP contribution < -0.4 is 10.5 Å². The Balaban J connectivity index is 3.56. The molecule has 0 radical (unpaired) electrons. The molecule has 1 aromatic carbocycles. The Morgan fingerprint density at radius 1 is 1.38 bits per heavy atom. The third-order valence-corrected chi connectivity index (χ3v) is 1.88. The van der Waals surface area contributed by atoms with Crippen LogP contribution in [0.3, 0.4) is 0 Å². The maximum Gasteiger partial charge on any atom is 0.420 e. The van der Waals surface area contributed by atoms with Crippen molar-refractivity contribution >= 4 is 5.91 Å². The number of hydrogen-bond donors (Lipinski definition) is 1. The van der Waals surface area contributed by atoms with E-state index in [-0.39, 0.29) is 0 Å². The summed E-state index contributed by atoms with van der Waals surface area (Å²) in [6.45, 7) is 0. The maximum absolute atomic E-state index is 13.3. The van der Waals surface area contributed by atoms with Crippen LogP contribution in [-0.2, 0) is 6.18 Å². The Kier molecular flexibility index (Phi) is 3.06. The van der Waals surface area contributed by atoms with Crippen molar-refractivity contribution in [2.45, 2.75) is 6.18 Å². The SMILES string of the molecule is COc1ccc(C(N)=O)c(C(F)(F)F)c1F. The average molecular weight is 237 g/mol. The summed E-state index contributed by atoms with van der Waals surface area (Å²) in [5, 5.41) is 0. The number of hydrogen-bond acceptors (Lipinski definition) is 2. The predicted octanol–water partition coefficient (Wildman–Crippen LogP) is 1.95. The molecular weight excluding hydrogens is 230 g/mol. The second kappa shape index (κ2) is 3.99. The number of halogens is 4. The van der Waals surface area contributed by atoms with Crippen LogP contribution in [0.2, 0.25) is 0 Å². The molecule has 0 saturated heterocycles. The van der Waals surface area contributed by atoms with E-state index in [4.69, 9.17) is 5.73 Å². The number of ether oxygens (including phenoxy) is 1. The molecule has 0 heterocycles. The van der Waals surface area contributed by atoms with E-state index >= 15 is 0 Å². The highest BCUT2D eigenvalue weighted by atomic mass is 19.4. The summed E-state index contributed by atoms with van der Waals surface area (Å²) < 4.78 is 55.2. The molecule has 0 aliphatic carbocycles. The van der Waals surface area contributed by atoms with Crippen molar-refractivity contribution in [3.63, 3.8) is 0 Å². The van der Waals surface area contributed by atoms with Gasteiger partial charge in [-0.15, -0.1) is 0 Å². The maximum atomic E-state index is 13.3. The van der Waals surface area contributed by atoms with E-state index in [0.717, 1.165) is 19.2 Å². The predicted molar refractivity (Wildman–Crippen MR) is 46.5 cm³/mol. The highest BCUT2D eigenvalue weighted by Gasteiger charge is 2.39. The van der Waals surface area contributed by atoms with Gasteiger partial charge in [0.05, 0.1) is 12.7 Å². The minimum absolute atomic E-state index is 0.600. The molecule has 0 spiro atoms. The van der Waals surface area contributed by atoms with E-state index in [9.17, 15) is 22.4 Å². The number of nitrogens with two attached hydrogens (primary N) is 1. The fourth-order valence-corrected chi connectivity index (χ4v) is 1.20. The lowest BCUT2D eigenvalue weighted by Crippen LogP contribution is -2.20. The van der Waals surface area contributed by atoms with Gasteiger partial charge in [-0.3, -0.25) is 4.79 Å². The van der Waals surface area contributed by atoms with Gasteiger partial charge in [-0.1, -0.05) is 0 Å². The van der Waals surface area contributed by atoms with E-state index in [1.807, 2.05) is 0 Å². The number of carbonyl (C=O) groups excluding carboxylic acids is 1. The number of methoxy groups -OCH3 is 1. The second-order valence-electron chi connectivity index (χ2n) is 2.87. The minimum atomic E-state index is -5.01. The van der Waals surface area contributed by atoms with E-state index in [2.05, 4.69) is 4.74 Å². The van der Waals surface area contributed by atoms with Gasteiger partial charge in [0.15, 0.2) is 11.6 Å². The van der Waals surface area contributed by atoms with Crippen LogP contribution in [0, 0.1) is 5.82 Å². The van der Waals surface area contributed by atoms with Gasteiger partial charge in [-0.05, 0) is 12.1 Å². The van der Waals surface area contributed by atoms with Gasteiger partial charge in [0, 0.05) is 0 Å². The van der Waals surface area contributed by atoms with Crippen molar-refractivity contribution in [3.8, 4) is 5.75 Å². The molecule has 0 atom stereocenters. The quantitative estimate of drug-likeness (QED) is 0.799. The normalized spacial score (nSPS) is 11.3. The first-order valence-corrected chi connectivity index (χ1v) is 4.02. The highest BCUT2D eigenvalue weighted by molar-refractivity contribution is 5.94.